The van der Waals surface area contributed by atoms with E-state index in [2.05, 4.69) is 0 Å². The summed E-state index contributed by atoms with van der Waals surface area (Å²) in [5.74, 6) is -3.04. The van der Waals surface area contributed by atoms with Crippen LogP contribution in [0, 0.1) is 0 Å². The summed E-state index contributed by atoms with van der Waals surface area (Å²) >= 11 is 0. The van der Waals surface area contributed by atoms with Gasteiger partial charge in [-0.25, -0.2) is 0 Å². The largest absolute Gasteiger partial charge is 0.457 e. The highest BCUT2D eigenvalue weighted by molar-refractivity contribution is 5.66. The van der Waals surface area contributed by atoms with E-state index >= 15 is 0 Å². The van der Waals surface area contributed by atoms with Crippen molar-refractivity contribution in [2.75, 3.05) is 19.8 Å². The van der Waals surface area contributed by atoms with E-state index in [4.69, 9.17) is 24.1 Å². The van der Waals surface area contributed by atoms with Crippen molar-refractivity contribution in [2.45, 2.75) is 61.7 Å². The minimum absolute atomic E-state index is 0.687. The molecule has 2 saturated heterocycles. The van der Waals surface area contributed by atoms with Gasteiger partial charge in [-0.15, -0.1) is 0 Å². The minimum Gasteiger partial charge on any atom is -0.457 e. The molecule has 0 aromatic carbocycles. The van der Waals surface area contributed by atoms with Crippen LogP contribution in [-0.2, 0) is 23.7 Å². The van der Waals surface area contributed by atoms with Crippen molar-refractivity contribution in [3.8, 4) is 0 Å². The first-order chi connectivity index (χ1) is 12.2. The van der Waals surface area contributed by atoms with Gasteiger partial charge in [0.25, 0.3) is 0 Å². The minimum atomic E-state index is -2.26. The summed E-state index contributed by atoms with van der Waals surface area (Å²) in [5.41, 5.74) is 0. The van der Waals surface area contributed by atoms with Crippen molar-refractivity contribution in [1.82, 2.24) is 0 Å². The van der Waals surface area contributed by atoms with E-state index < -0.39 is 80.6 Å². The molecular weight excluding hydrogens is 360 g/mol. The smallest absolute Gasteiger partial charge is 0.303 e. The highest BCUT2D eigenvalue weighted by Crippen LogP contribution is 2.36. The monoisotopic (exact) mass is 384 g/mol. The standard InChI is InChI=1S/C14H24O12/c1-5(18)23-11-7(3-16)24-13(10(21)9(11)20)26-14(4-17)12(22)8(19)6(2-15)25-14/h6-13,15-17,19-22H,2-4H2,1H3/t6-,7-,8-,9-,10-,11-,12+,13?,14?/m1/s1. The molecule has 0 amide bonds. The maximum absolute atomic E-state index is 11.1. The molecule has 12 heteroatoms. The second-order valence-corrected chi connectivity index (χ2v) is 6.14. The molecule has 0 spiro atoms. The second-order valence-electron chi connectivity index (χ2n) is 6.14. The summed E-state index contributed by atoms with van der Waals surface area (Å²) in [4.78, 5) is 11.1. The van der Waals surface area contributed by atoms with Gasteiger partial charge < -0.3 is 54.7 Å². The average Bonchev–Trinajstić information content (AvgIpc) is 2.86. The molecule has 2 aliphatic rings. The molecule has 2 aliphatic heterocycles. The fraction of sp³-hybridized carbons (Fsp3) is 0.929. The molecule has 0 aromatic rings. The first-order valence-electron chi connectivity index (χ1n) is 7.94. The fourth-order valence-corrected chi connectivity index (χ4v) is 2.95. The molecular formula is C14H24O12. The summed E-state index contributed by atoms with van der Waals surface area (Å²) in [6, 6.07) is 0. The van der Waals surface area contributed by atoms with E-state index in [1.165, 1.54) is 0 Å². The van der Waals surface area contributed by atoms with Crippen molar-refractivity contribution in [3.05, 3.63) is 0 Å². The van der Waals surface area contributed by atoms with Crippen molar-refractivity contribution >= 4 is 5.97 Å². The average molecular weight is 384 g/mol. The SMILES string of the molecule is CC(=O)O[C@H]1[C@H](O)[C@@H](O)C(OC2(CO)O[C@H](CO)[C@@H](O)[C@@H]2O)O[C@@H]1CO. The van der Waals surface area contributed by atoms with E-state index in [9.17, 15) is 35.4 Å². The summed E-state index contributed by atoms with van der Waals surface area (Å²) < 4.78 is 20.6. The number of carbonyl (C=O) groups is 1. The first-order valence-corrected chi connectivity index (χ1v) is 7.94. The summed E-state index contributed by atoms with van der Waals surface area (Å²) in [6.07, 6.45) is -12.6. The van der Waals surface area contributed by atoms with Gasteiger partial charge in [-0.2, -0.15) is 0 Å². The van der Waals surface area contributed by atoms with E-state index in [1.807, 2.05) is 0 Å². The Balaban J connectivity index is 2.19. The maximum atomic E-state index is 11.1. The lowest BCUT2D eigenvalue weighted by atomic mass is 9.98. The fourth-order valence-electron chi connectivity index (χ4n) is 2.95. The van der Waals surface area contributed by atoms with Crippen LogP contribution in [-0.4, -0.2) is 116 Å². The Morgan fingerprint density at radius 3 is 2.08 bits per heavy atom. The Kier molecular flexibility index (Phi) is 6.90. The molecule has 152 valence electrons. The predicted octanol–water partition coefficient (Wildman–Crippen LogP) is -4.82. The van der Waals surface area contributed by atoms with Crippen LogP contribution >= 0.6 is 0 Å². The third-order valence-electron chi connectivity index (χ3n) is 4.34. The summed E-state index contributed by atoms with van der Waals surface area (Å²) in [6.45, 7) is -1.32. The number of hydrogen-bond donors (Lipinski definition) is 7. The molecule has 2 fully saturated rings. The van der Waals surface area contributed by atoms with Crippen LogP contribution in [0.3, 0.4) is 0 Å². The lowest BCUT2D eigenvalue weighted by Crippen LogP contribution is -2.63. The zero-order valence-corrected chi connectivity index (χ0v) is 13.9. The molecule has 2 rings (SSSR count). The molecule has 0 radical (unpaired) electrons. The predicted molar refractivity (Wildman–Crippen MR) is 78.2 cm³/mol. The van der Waals surface area contributed by atoms with Gasteiger partial charge in [0.2, 0.25) is 5.79 Å². The number of esters is 1. The van der Waals surface area contributed by atoms with Crippen LogP contribution in [0.2, 0.25) is 0 Å². The molecule has 12 nitrogen and oxygen atoms in total. The van der Waals surface area contributed by atoms with E-state index in [1.54, 1.807) is 0 Å². The normalized spacial score (nSPS) is 46.3. The van der Waals surface area contributed by atoms with Gasteiger partial charge in [-0.05, 0) is 0 Å². The van der Waals surface area contributed by atoms with Gasteiger partial charge in [-0.3, -0.25) is 4.79 Å². The Bertz CT molecular complexity index is 487. The molecule has 2 heterocycles. The number of ether oxygens (including phenoxy) is 4. The van der Waals surface area contributed by atoms with E-state index in [-0.39, 0.29) is 0 Å². The molecule has 0 aliphatic carbocycles. The van der Waals surface area contributed by atoms with E-state index in [0.717, 1.165) is 6.92 Å². The number of aliphatic hydroxyl groups is 7. The van der Waals surface area contributed by atoms with Crippen molar-refractivity contribution in [2.24, 2.45) is 0 Å². The van der Waals surface area contributed by atoms with Gasteiger partial charge in [0, 0.05) is 6.92 Å². The molecule has 0 saturated carbocycles. The molecule has 0 aromatic heterocycles. The van der Waals surface area contributed by atoms with Gasteiger partial charge >= 0.3 is 5.97 Å². The van der Waals surface area contributed by atoms with Crippen LogP contribution in [0.5, 0.6) is 0 Å². The highest BCUT2D eigenvalue weighted by Gasteiger charge is 2.58. The number of aliphatic hydroxyl groups excluding tert-OH is 7. The Morgan fingerprint density at radius 1 is 1.00 bits per heavy atom. The van der Waals surface area contributed by atoms with Gasteiger partial charge in [0.1, 0.15) is 43.2 Å². The number of rotatable bonds is 6. The van der Waals surface area contributed by atoms with Crippen molar-refractivity contribution in [3.63, 3.8) is 0 Å². The van der Waals surface area contributed by atoms with E-state index in [0.29, 0.717) is 0 Å². The molecule has 0 bridgehead atoms. The first kappa shape index (κ1) is 21.4. The molecule has 26 heavy (non-hydrogen) atoms. The Morgan fingerprint density at radius 2 is 1.62 bits per heavy atom. The maximum Gasteiger partial charge on any atom is 0.303 e. The molecule has 2 unspecified atom stereocenters. The van der Waals surface area contributed by atoms with Crippen LogP contribution in [0.1, 0.15) is 6.92 Å². The van der Waals surface area contributed by atoms with Gasteiger partial charge in [0.15, 0.2) is 12.4 Å². The van der Waals surface area contributed by atoms with Crippen LogP contribution in [0.15, 0.2) is 0 Å². The lowest BCUT2D eigenvalue weighted by Gasteiger charge is -2.44. The third-order valence-corrected chi connectivity index (χ3v) is 4.34. The highest BCUT2D eigenvalue weighted by atomic mass is 16.8. The summed E-state index contributed by atoms with van der Waals surface area (Å²) in [5, 5.41) is 68.4. The van der Waals surface area contributed by atoms with Crippen molar-refractivity contribution < 1.29 is 59.5 Å². The summed E-state index contributed by atoms with van der Waals surface area (Å²) in [7, 11) is 0. The quantitative estimate of drug-likeness (QED) is 0.216. The van der Waals surface area contributed by atoms with Gasteiger partial charge in [-0.1, -0.05) is 0 Å². The van der Waals surface area contributed by atoms with Crippen molar-refractivity contribution in [1.29, 1.82) is 0 Å². The lowest BCUT2D eigenvalue weighted by molar-refractivity contribution is -0.383. The Labute approximate surface area is 148 Å². The number of hydrogen-bond acceptors (Lipinski definition) is 12. The van der Waals surface area contributed by atoms with Crippen LogP contribution < -0.4 is 0 Å². The van der Waals surface area contributed by atoms with Crippen LogP contribution in [0.4, 0.5) is 0 Å². The number of carbonyl (C=O) groups excluding carboxylic acids is 1. The zero-order valence-electron chi connectivity index (χ0n) is 13.9. The zero-order chi connectivity index (χ0) is 19.6. The molecule has 7 N–H and O–H groups in total. The Hall–Kier alpha value is -0.930. The third kappa shape index (κ3) is 3.84. The second kappa shape index (κ2) is 8.39. The topological polar surface area (TPSA) is 196 Å². The van der Waals surface area contributed by atoms with Crippen LogP contribution in [0.25, 0.3) is 0 Å². The van der Waals surface area contributed by atoms with Gasteiger partial charge in [0.05, 0.1) is 13.2 Å². The molecule has 9 atom stereocenters.